The molecule has 6 nitrogen and oxygen atoms in total. The van der Waals surface area contributed by atoms with E-state index in [1.54, 1.807) is 6.08 Å². The Hall–Kier alpha value is -2.03. The zero-order valence-electron chi connectivity index (χ0n) is 15.4. The number of rotatable bonds is 4. The molecule has 2 fully saturated rings. The van der Waals surface area contributed by atoms with E-state index in [2.05, 4.69) is 38.1 Å². The highest BCUT2D eigenvalue weighted by Crippen LogP contribution is 2.34. The maximum atomic E-state index is 12.3. The Balaban J connectivity index is 1.50. The van der Waals surface area contributed by atoms with Crippen molar-refractivity contribution in [2.75, 3.05) is 31.2 Å². The van der Waals surface area contributed by atoms with Crippen LogP contribution in [0.4, 0.5) is 11.6 Å². The van der Waals surface area contributed by atoms with Gasteiger partial charge in [0.05, 0.1) is 28.3 Å². The molecule has 4 rings (SSSR count). The van der Waals surface area contributed by atoms with Gasteiger partial charge in [-0.2, -0.15) is 0 Å². The number of nitrogens with zero attached hydrogens (tertiary/aromatic N) is 2. The number of furan rings is 1. The number of amides is 1. The topological polar surface area (TPSA) is 67.1 Å². The van der Waals surface area contributed by atoms with Gasteiger partial charge >= 0.3 is 0 Å². The fourth-order valence-corrected chi connectivity index (χ4v) is 4.34. The lowest BCUT2D eigenvalue weighted by Gasteiger charge is -2.26. The number of hydrogen-bond acceptors (Lipinski definition) is 6. The molecule has 146 valence electrons. The summed E-state index contributed by atoms with van der Waals surface area (Å²) < 4.78 is 12.2. The quantitative estimate of drug-likeness (QED) is 0.686. The number of morpholine rings is 1. The van der Waals surface area contributed by atoms with Crippen LogP contribution in [0.1, 0.15) is 18.2 Å². The predicted octanol–water partition coefficient (Wildman–Crippen LogP) is 4.33. The van der Waals surface area contributed by atoms with Crippen LogP contribution in [0, 0.1) is 0 Å². The minimum Gasteiger partial charge on any atom is -0.440 e. The Morgan fingerprint density at radius 3 is 2.75 bits per heavy atom. The van der Waals surface area contributed by atoms with Gasteiger partial charge in [-0.05, 0) is 51.8 Å². The van der Waals surface area contributed by atoms with Crippen molar-refractivity contribution in [3.05, 3.63) is 51.0 Å². The van der Waals surface area contributed by atoms with Crippen LogP contribution in [0.3, 0.4) is 0 Å². The summed E-state index contributed by atoms with van der Waals surface area (Å²) in [6.45, 7) is 5.04. The molecule has 2 aliphatic rings. The van der Waals surface area contributed by atoms with Gasteiger partial charge in [-0.25, -0.2) is 4.99 Å². The molecule has 8 heteroatoms. The molecular formula is C20H20BrN3O3S. The molecule has 0 radical (unpaired) electrons. The fourth-order valence-electron chi connectivity index (χ4n) is 2.96. The maximum Gasteiger partial charge on any atom is 0.264 e. The summed E-state index contributed by atoms with van der Waals surface area (Å²) in [6, 6.07) is 9.89. The molecule has 0 aliphatic carbocycles. The van der Waals surface area contributed by atoms with Gasteiger partial charge in [-0.15, -0.1) is 0 Å². The van der Waals surface area contributed by atoms with E-state index >= 15 is 0 Å². The lowest BCUT2D eigenvalue weighted by atomic mass is 10.2. The lowest BCUT2D eigenvalue weighted by Crippen LogP contribution is -2.36. The van der Waals surface area contributed by atoms with E-state index in [-0.39, 0.29) is 5.91 Å². The average Bonchev–Trinajstić information content (AvgIpc) is 3.25. The van der Waals surface area contributed by atoms with Crippen LogP contribution in [0.5, 0.6) is 0 Å². The maximum absolute atomic E-state index is 12.3. The number of anilines is 1. The van der Waals surface area contributed by atoms with Gasteiger partial charge in [0.2, 0.25) is 5.88 Å². The summed E-state index contributed by atoms with van der Waals surface area (Å²) in [5.41, 5.74) is 2.07. The van der Waals surface area contributed by atoms with Crippen LogP contribution in [0.25, 0.3) is 6.08 Å². The number of carbonyl (C=O) groups excluding carboxylic acids is 1. The number of carbonyl (C=O) groups is 1. The Morgan fingerprint density at radius 1 is 1.29 bits per heavy atom. The number of amidine groups is 1. The highest BCUT2D eigenvalue weighted by Gasteiger charge is 2.25. The van der Waals surface area contributed by atoms with Crippen molar-refractivity contribution in [1.82, 2.24) is 5.32 Å². The van der Waals surface area contributed by atoms with E-state index in [1.165, 1.54) is 17.3 Å². The summed E-state index contributed by atoms with van der Waals surface area (Å²) >= 11 is 4.86. The summed E-state index contributed by atoms with van der Waals surface area (Å²) in [5.74, 6) is 1.22. The van der Waals surface area contributed by atoms with E-state index in [4.69, 9.17) is 9.15 Å². The number of benzene rings is 1. The predicted molar refractivity (Wildman–Crippen MR) is 116 cm³/mol. The second kappa shape index (κ2) is 8.55. The average molecular weight is 462 g/mol. The summed E-state index contributed by atoms with van der Waals surface area (Å²) in [6.07, 6.45) is 2.73. The Kier molecular flexibility index (Phi) is 5.89. The van der Waals surface area contributed by atoms with Gasteiger partial charge in [0.25, 0.3) is 5.91 Å². The van der Waals surface area contributed by atoms with Crippen molar-refractivity contribution < 1.29 is 13.9 Å². The highest BCUT2D eigenvalue weighted by molar-refractivity contribution is 9.10. The van der Waals surface area contributed by atoms with E-state index in [0.717, 1.165) is 35.6 Å². The Labute approximate surface area is 176 Å². The number of nitrogens with one attached hydrogen (secondary N) is 1. The number of hydrogen-bond donors (Lipinski definition) is 1. The fraction of sp³-hybridized carbons (Fsp3) is 0.300. The first-order valence-corrected chi connectivity index (χ1v) is 10.7. The highest BCUT2D eigenvalue weighted by atomic mass is 79.9. The Bertz CT molecular complexity index is 931. The monoisotopic (exact) mass is 461 g/mol. The standard InChI is InChI=1S/C20H20BrN3O3S/c1-2-13-3-5-14(6-4-13)22-20-23-18(25)17(28-20)12-15-11-16(21)19(27-15)24-7-9-26-10-8-24/h3-6,11-12H,2,7-10H2,1H3,(H,22,23,25)/b17-12-. The van der Waals surface area contributed by atoms with Crippen LogP contribution in [0.15, 0.2) is 49.1 Å². The third-order valence-electron chi connectivity index (χ3n) is 4.49. The SMILES string of the molecule is CCc1ccc(N=C2NC(=O)/C(=C/c3cc(Br)c(N4CCOCC4)o3)S2)cc1. The van der Waals surface area contributed by atoms with Gasteiger partial charge in [-0.3, -0.25) is 4.79 Å². The molecule has 1 N–H and O–H groups in total. The molecule has 0 saturated carbocycles. The molecule has 28 heavy (non-hydrogen) atoms. The first-order valence-electron chi connectivity index (χ1n) is 9.13. The number of halogens is 1. The molecule has 0 atom stereocenters. The van der Waals surface area contributed by atoms with E-state index in [1.807, 2.05) is 30.3 Å². The summed E-state index contributed by atoms with van der Waals surface area (Å²) in [5, 5.41) is 3.38. The van der Waals surface area contributed by atoms with Crippen molar-refractivity contribution in [2.24, 2.45) is 4.99 Å². The van der Waals surface area contributed by atoms with Crippen LogP contribution in [-0.2, 0) is 16.0 Å². The van der Waals surface area contributed by atoms with Crippen LogP contribution in [-0.4, -0.2) is 37.4 Å². The van der Waals surface area contributed by atoms with Crippen molar-refractivity contribution >= 4 is 56.4 Å². The summed E-state index contributed by atoms with van der Waals surface area (Å²) in [7, 11) is 0. The normalized spacial score (nSPS) is 20.2. The Morgan fingerprint density at radius 2 is 2.04 bits per heavy atom. The van der Waals surface area contributed by atoms with Gasteiger partial charge in [0.1, 0.15) is 5.76 Å². The first-order chi connectivity index (χ1) is 13.6. The smallest absolute Gasteiger partial charge is 0.264 e. The van der Waals surface area contributed by atoms with Crippen LogP contribution >= 0.6 is 27.7 Å². The molecule has 0 bridgehead atoms. The van der Waals surface area contributed by atoms with Gasteiger partial charge < -0.3 is 19.4 Å². The summed E-state index contributed by atoms with van der Waals surface area (Å²) in [4.78, 5) is 19.5. The molecule has 0 spiro atoms. The molecule has 0 unspecified atom stereocenters. The third-order valence-corrected chi connectivity index (χ3v) is 5.96. The minimum absolute atomic E-state index is 0.172. The van der Waals surface area contributed by atoms with Crippen LogP contribution < -0.4 is 10.2 Å². The van der Waals surface area contributed by atoms with Gasteiger partial charge in [-0.1, -0.05) is 19.1 Å². The largest absolute Gasteiger partial charge is 0.440 e. The van der Waals surface area contributed by atoms with Crippen molar-refractivity contribution in [2.45, 2.75) is 13.3 Å². The molecule has 1 amide bonds. The molecular weight excluding hydrogens is 442 g/mol. The second-order valence-corrected chi connectivity index (χ2v) is 8.29. The van der Waals surface area contributed by atoms with Gasteiger partial charge in [0, 0.05) is 25.2 Å². The number of aliphatic imine (C=N–C) groups is 1. The molecule has 2 aromatic rings. The second-order valence-electron chi connectivity index (χ2n) is 6.40. The molecule has 2 saturated heterocycles. The lowest BCUT2D eigenvalue weighted by molar-refractivity contribution is -0.115. The number of aryl methyl sites for hydroxylation is 1. The van der Waals surface area contributed by atoms with E-state index in [9.17, 15) is 4.79 Å². The zero-order chi connectivity index (χ0) is 19.5. The molecule has 1 aromatic carbocycles. The van der Waals surface area contributed by atoms with Crippen molar-refractivity contribution in [1.29, 1.82) is 0 Å². The van der Waals surface area contributed by atoms with Crippen LogP contribution in [0.2, 0.25) is 0 Å². The van der Waals surface area contributed by atoms with E-state index in [0.29, 0.717) is 29.0 Å². The molecule has 1 aromatic heterocycles. The van der Waals surface area contributed by atoms with Crippen molar-refractivity contribution in [3.63, 3.8) is 0 Å². The molecule has 3 heterocycles. The molecule has 2 aliphatic heterocycles. The van der Waals surface area contributed by atoms with E-state index < -0.39 is 0 Å². The minimum atomic E-state index is -0.172. The third kappa shape index (κ3) is 4.34. The first kappa shape index (κ1) is 19.3. The zero-order valence-corrected chi connectivity index (χ0v) is 17.8. The number of thioether (sulfide) groups is 1. The number of ether oxygens (including phenoxy) is 1. The van der Waals surface area contributed by atoms with Crippen molar-refractivity contribution in [3.8, 4) is 0 Å². The van der Waals surface area contributed by atoms with Gasteiger partial charge in [0.15, 0.2) is 5.17 Å².